The van der Waals surface area contributed by atoms with Crippen LogP contribution in [0.5, 0.6) is 0 Å². The fourth-order valence-electron chi connectivity index (χ4n) is 3.60. The molecule has 2 fully saturated rings. The zero-order chi connectivity index (χ0) is 8.98. The van der Waals surface area contributed by atoms with E-state index in [9.17, 15) is 0 Å². The Bertz CT molecular complexity index is 170. The molecule has 0 unspecified atom stereocenters. The van der Waals surface area contributed by atoms with Gasteiger partial charge in [-0.3, -0.25) is 0 Å². The number of rotatable bonds is 1. The first-order valence-corrected chi connectivity index (χ1v) is 6.23. The summed E-state index contributed by atoms with van der Waals surface area (Å²) in [6.07, 6.45) is 6.03. The molecule has 0 radical (unpaired) electrons. The Hall–Kier alpha value is 0.730. The quantitative estimate of drug-likeness (QED) is 0.502. The zero-order valence-electron chi connectivity index (χ0n) is 8.36. The Labute approximate surface area is 89.6 Å². The molecule has 12 heavy (non-hydrogen) atoms. The number of fused-ring (bicyclic) bond motifs is 2. The monoisotopic (exact) mass is 278 g/mol. The van der Waals surface area contributed by atoms with Crippen molar-refractivity contribution in [3.8, 4) is 0 Å². The van der Waals surface area contributed by atoms with Crippen molar-refractivity contribution in [3.05, 3.63) is 0 Å². The second-order valence-corrected chi connectivity index (χ2v) is 8.00. The predicted molar refractivity (Wildman–Crippen MR) is 61.7 cm³/mol. The fraction of sp³-hybridized carbons (Fsp3) is 1.00. The lowest BCUT2D eigenvalue weighted by molar-refractivity contribution is 0.179. The van der Waals surface area contributed by atoms with Crippen LogP contribution >= 0.6 is 22.6 Å². The highest BCUT2D eigenvalue weighted by atomic mass is 127. The molecule has 0 heterocycles. The molecular formula is C11H19I. The molecule has 0 amide bonds. The molecule has 0 nitrogen and oxygen atoms in total. The van der Waals surface area contributed by atoms with Crippen LogP contribution < -0.4 is 0 Å². The van der Waals surface area contributed by atoms with E-state index in [2.05, 4.69) is 43.4 Å². The molecule has 2 rings (SSSR count). The van der Waals surface area contributed by atoms with Crippen LogP contribution in [0, 0.1) is 17.3 Å². The van der Waals surface area contributed by atoms with Crippen molar-refractivity contribution in [2.75, 3.05) is 0 Å². The largest absolute Gasteiger partial charge is 0.0789 e. The van der Waals surface area contributed by atoms with Gasteiger partial charge in [-0.15, -0.1) is 0 Å². The fourth-order valence-corrected chi connectivity index (χ4v) is 4.48. The molecule has 0 saturated heterocycles. The van der Waals surface area contributed by atoms with Crippen molar-refractivity contribution < 1.29 is 0 Å². The van der Waals surface area contributed by atoms with Crippen molar-refractivity contribution in [3.63, 3.8) is 0 Å². The first-order chi connectivity index (χ1) is 5.46. The highest BCUT2D eigenvalue weighted by molar-refractivity contribution is 14.1. The summed E-state index contributed by atoms with van der Waals surface area (Å²) in [5.74, 6) is 2.07. The number of hydrogen-bond acceptors (Lipinski definition) is 0. The standard InChI is InChI=1S/C11H19I/c1-10(2,12)11(3)8-4-5-9(11)7-6-8/h8-9H,4-7H2,1-3H3. The van der Waals surface area contributed by atoms with Gasteiger partial charge in [-0.25, -0.2) is 0 Å². The van der Waals surface area contributed by atoms with Gasteiger partial charge in [-0.05, 0) is 42.9 Å². The second kappa shape index (κ2) is 2.61. The minimum absolute atomic E-state index is 0.493. The van der Waals surface area contributed by atoms with Crippen molar-refractivity contribution >= 4 is 22.6 Å². The lowest BCUT2D eigenvalue weighted by Gasteiger charge is -2.41. The summed E-state index contributed by atoms with van der Waals surface area (Å²) in [5, 5.41) is 0. The van der Waals surface area contributed by atoms with Gasteiger partial charge in [0.2, 0.25) is 0 Å². The lowest BCUT2D eigenvalue weighted by Crippen LogP contribution is -2.39. The Balaban J connectivity index is 2.32. The predicted octanol–water partition coefficient (Wildman–Crippen LogP) is 4.03. The van der Waals surface area contributed by atoms with E-state index in [1.54, 1.807) is 0 Å². The molecule has 0 atom stereocenters. The van der Waals surface area contributed by atoms with Gasteiger partial charge in [0.25, 0.3) is 0 Å². The summed E-state index contributed by atoms with van der Waals surface area (Å²) < 4.78 is 0.493. The third-order valence-corrected chi connectivity index (χ3v) is 5.87. The maximum atomic E-state index is 2.67. The maximum Gasteiger partial charge on any atom is 0.0224 e. The van der Waals surface area contributed by atoms with E-state index in [1.807, 2.05) is 0 Å². The third-order valence-electron chi connectivity index (χ3n) is 4.70. The average molecular weight is 278 g/mol. The molecule has 2 saturated carbocycles. The van der Waals surface area contributed by atoms with Gasteiger partial charge in [-0.1, -0.05) is 43.4 Å². The first-order valence-electron chi connectivity index (χ1n) is 5.15. The Kier molecular flexibility index (Phi) is 2.02. The summed E-state index contributed by atoms with van der Waals surface area (Å²) in [5.41, 5.74) is 0.646. The van der Waals surface area contributed by atoms with Crippen LogP contribution in [0.4, 0.5) is 0 Å². The zero-order valence-corrected chi connectivity index (χ0v) is 10.5. The minimum Gasteiger partial charge on any atom is -0.0789 e. The van der Waals surface area contributed by atoms with E-state index in [4.69, 9.17) is 0 Å². The van der Waals surface area contributed by atoms with Gasteiger partial charge < -0.3 is 0 Å². The molecule has 70 valence electrons. The normalized spacial score (nSPS) is 47.0. The molecule has 2 aliphatic rings. The number of halogens is 1. The van der Waals surface area contributed by atoms with Crippen LogP contribution in [0.15, 0.2) is 0 Å². The van der Waals surface area contributed by atoms with Gasteiger partial charge in [0.05, 0.1) is 0 Å². The summed E-state index contributed by atoms with van der Waals surface area (Å²) >= 11 is 2.67. The highest BCUT2D eigenvalue weighted by Gasteiger charge is 2.57. The Morgan fingerprint density at radius 3 is 1.58 bits per heavy atom. The highest BCUT2D eigenvalue weighted by Crippen LogP contribution is 2.64. The maximum absolute atomic E-state index is 2.67. The Morgan fingerprint density at radius 1 is 1.08 bits per heavy atom. The number of alkyl halides is 1. The SMILES string of the molecule is CC(C)(I)C1(C)C2CCC1CC2. The molecule has 1 heteroatoms. The first kappa shape index (κ1) is 9.29. The molecule has 0 aromatic rings. The van der Waals surface area contributed by atoms with Gasteiger partial charge >= 0.3 is 0 Å². The van der Waals surface area contributed by atoms with Crippen molar-refractivity contribution in [1.29, 1.82) is 0 Å². The molecule has 0 N–H and O–H groups in total. The summed E-state index contributed by atoms with van der Waals surface area (Å²) in [7, 11) is 0. The van der Waals surface area contributed by atoms with Crippen LogP contribution in [-0.2, 0) is 0 Å². The van der Waals surface area contributed by atoms with E-state index in [1.165, 1.54) is 25.7 Å². The molecule has 2 bridgehead atoms. The van der Waals surface area contributed by atoms with Crippen LogP contribution in [0.1, 0.15) is 46.5 Å². The molecule has 0 aliphatic heterocycles. The van der Waals surface area contributed by atoms with E-state index < -0.39 is 0 Å². The summed E-state index contributed by atoms with van der Waals surface area (Å²) in [4.78, 5) is 0. The van der Waals surface area contributed by atoms with E-state index in [0.717, 1.165) is 11.8 Å². The summed E-state index contributed by atoms with van der Waals surface area (Å²) in [6, 6.07) is 0. The smallest absolute Gasteiger partial charge is 0.0224 e. The van der Waals surface area contributed by atoms with E-state index in [0.29, 0.717) is 8.84 Å². The van der Waals surface area contributed by atoms with Gasteiger partial charge in [-0.2, -0.15) is 0 Å². The van der Waals surface area contributed by atoms with Crippen LogP contribution in [0.3, 0.4) is 0 Å². The topological polar surface area (TPSA) is 0 Å². The van der Waals surface area contributed by atoms with E-state index >= 15 is 0 Å². The van der Waals surface area contributed by atoms with Crippen LogP contribution in [0.2, 0.25) is 0 Å². The van der Waals surface area contributed by atoms with E-state index in [-0.39, 0.29) is 0 Å². The molecule has 0 spiro atoms. The van der Waals surface area contributed by atoms with Gasteiger partial charge in [0.1, 0.15) is 0 Å². The minimum atomic E-state index is 0.493. The lowest BCUT2D eigenvalue weighted by atomic mass is 9.71. The molecule has 2 aliphatic carbocycles. The third kappa shape index (κ3) is 1.01. The summed E-state index contributed by atoms with van der Waals surface area (Å²) in [6.45, 7) is 7.38. The van der Waals surface area contributed by atoms with Crippen molar-refractivity contribution in [1.82, 2.24) is 0 Å². The Morgan fingerprint density at radius 2 is 1.42 bits per heavy atom. The van der Waals surface area contributed by atoms with Crippen LogP contribution in [-0.4, -0.2) is 3.42 Å². The second-order valence-electron chi connectivity index (χ2n) is 5.30. The molecule has 0 aromatic carbocycles. The van der Waals surface area contributed by atoms with Gasteiger partial charge in [0.15, 0.2) is 0 Å². The number of hydrogen-bond donors (Lipinski definition) is 0. The molecular weight excluding hydrogens is 259 g/mol. The van der Waals surface area contributed by atoms with Crippen molar-refractivity contribution in [2.24, 2.45) is 17.3 Å². The molecule has 0 aromatic heterocycles. The average Bonchev–Trinajstić information content (AvgIpc) is 2.45. The van der Waals surface area contributed by atoms with Gasteiger partial charge in [0, 0.05) is 3.42 Å². The van der Waals surface area contributed by atoms with Crippen LogP contribution in [0.25, 0.3) is 0 Å². The van der Waals surface area contributed by atoms with Crippen molar-refractivity contribution in [2.45, 2.75) is 49.9 Å².